The number of rotatable bonds is 4. The second-order valence-corrected chi connectivity index (χ2v) is 7.36. The SMILES string of the molecule is O=C(NC1CCN(C2CCCC2)CC1)c1ccc(-n2cccc2)cc1. The van der Waals surface area contributed by atoms with E-state index in [1.165, 1.54) is 25.7 Å². The summed E-state index contributed by atoms with van der Waals surface area (Å²) in [6.45, 7) is 2.25. The molecule has 1 N–H and O–H groups in total. The number of nitrogens with one attached hydrogen (secondary N) is 1. The first-order valence-electron chi connectivity index (χ1n) is 9.58. The maximum atomic E-state index is 12.5. The summed E-state index contributed by atoms with van der Waals surface area (Å²) in [6, 6.07) is 12.9. The molecule has 0 atom stereocenters. The lowest BCUT2D eigenvalue weighted by atomic mass is 10.0. The van der Waals surface area contributed by atoms with Gasteiger partial charge in [0.1, 0.15) is 0 Å². The Morgan fingerprint density at radius 1 is 0.920 bits per heavy atom. The molecule has 4 heteroatoms. The van der Waals surface area contributed by atoms with Gasteiger partial charge < -0.3 is 14.8 Å². The third-order valence-corrected chi connectivity index (χ3v) is 5.74. The van der Waals surface area contributed by atoms with E-state index in [1.807, 2.05) is 53.4 Å². The average Bonchev–Trinajstić information content (AvgIpc) is 3.36. The number of piperidine rings is 1. The van der Waals surface area contributed by atoms with Gasteiger partial charge in [0.2, 0.25) is 0 Å². The van der Waals surface area contributed by atoms with Gasteiger partial charge in [0.15, 0.2) is 0 Å². The minimum atomic E-state index is 0.0540. The van der Waals surface area contributed by atoms with Crippen LogP contribution in [0, 0.1) is 0 Å². The Bertz CT molecular complexity index is 678. The molecule has 4 nitrogen and oxygen atoms in total. The smallest absolute Gasteiger partial charge is 0.251 e. The van der Waals surface area contributed by atoms with Crippen molar-refractivity contribution in [3.63, 3.8) is 0 Å². The molecule has 2 aromatic rings. The molecule has 0 unspecified atom stereocenters. The normalized spacial score (nSPS) is 20.0. The molecule has 1 aromatic heterocycles. The molecule has 0 bridgehead atoms. The van der Waals surface area contributed by atoms with E-state index in [0.717, 1.165) is 43.2 Å². The summed E-state index contributed by atoms with van der Waals surface area (Å²) in [6.07, 6.45) is 11.7. The number of likely N-dealkylation sites (tertiary alicyclic amines) is 1. The number of hydrogen-bond acceptors (Lipinski definition) is 2. The molecule has 2 heterocycles. The highest BCUT2D eigenvalue weighted by Crippen LogP contribution is 2.26. The minimum absolute atomic E-state index is 0.0540. The Morgan fingerprint density at radius 3 is 2.20 bits per heavy atom. The number of carbonyl (C=O) groups excluding carboxylic acids is 1. The molecule has 1 saturated carbocycles. The molecule has 2 fully saturated rings. The van der Waals surface area contributed by atoms with E-state index < -0.39 is 0 Å². The maximum Gasteiger partial charge on any atom is 0.251 e. The number of aromatic nitrogens is 1. The summed E-state index contributed by atoms with van der Waals surface area (Å²) in [5, 5.41) is 3.23. The van der Waals surface area contributed by atoms with Crippen LogP contribution in [0.2, 0.25) is 0 Å². The van der Waals surface area contributed by atoms with Crippen LogP contribution in [-0.2, 0) is 0 Å². The standard InChI is InChI=1S/C21H27N3O/c25-21(17-7-9-20(10-8-17)23-13-3-4-14-23)22-18-11-15-24(16-12-18)19-5-1-2-6-19/h3-4,7-10,13-14,18-19H,1-2,5-6,11-12,15-16H2,(H,22,25). The van der Waals surface area contributed by atoms with Crippen LogP contribution in [0.15, 0.2) is 48.8 Å². The lowest BCUT2D eigenvalue weighted by molar-refractivity contribution is 0.0892. The molecular formula is C21H27N3O. The van der Waals surface area contributed by atoms with Crippen molar-refractivity contribution in [3.8, 4) is 5.69 Å². The first kappa shape index (κ1) is 16.4. The average molecular weight is 337 g/mol. The Hall–Kier alpha value is -2.07. The largest absolute Gasteiger partial charge is 0.349 e. The molecule has 4 rings (SSSR count). The lowest BCUT2D eigenvalue weighted by Crippen LogP contribution is -2.47. The van der Waals surface area contributed by atoms with E-state index in [4.69, 9.17) is 0 Å². The lowest BCUT2D eigenvalue weighted by Gasteiger charge is -2.36. The van der Waals surface area contributed by atoms with E-state index in [1.54, 1.807) is 0 Å². The fourth-order valence-corrected chi connectivity index (χ4v) is 4.24. The number of amides is 1. The van der Waals surface area contributed by atoms with Crippen molar-refractivity contribution in [2.24, 2.45) is 0 Å². The summed E-state index contributed by atoms with van der Waals surface area (Å²) in [5.41, 5.74) is 1.82. The molecular weight excluding hydrogens is 310 g/mol. The predicted octanol–water partition coefficient (Wildman–Crippen LogP) is 3.61. The summed E-state index contributed by atoms with van der Waals surface area (Å²) < 4.78 is 2.04. The molecule has 1 saturated heterocycles. The fourth-order valence-electron chi connectivity index (χ4n) is 4.24. The number of carbonyl (C=O) groups is 1. The van der Waals surface area contributed by atoms with E-state index in [-0.39, 0.29) is 5.91 Å². The zero-order valence-corrected chi connectivity index (χ0v) is 14.7. The quantitative estimate of drug-likeness (QED) is 0.925. The molecule has 25 heavy (non-hydrogen) atoms. The molecule has 0 spiro atoms. The number of benzene rings is 1. The van der Waals surface area contributed by atoms with Crippen molar-refractivity contribution in [1.82, 2.24) is 14.8 Å². The van der Waals surface area contributed by atoms with E-state index >= 15 is 0 Å². The molecule has 1 aromatic carbocycles. The molecule has 0 radical (unpaired) electrons. The third-order valence-electron chi connectivity index (χ3n) is 5.74. The summed E-state index contributed by atoms with van der Waals surface area (Å²) in [7, 11) is 0. The van der Waals surface area contributed by atoms with Gasteiger partial charge in [0, 0.05) is 48.8 Å². The van der Waals surface area contributed by atoms with Crippen molar-refractivity contribution in [2.45, 2.75) is 50.6 Å². The topological polar surface area (TPSA) is 37.3 Å². The highest BCUT2D eigenvalue weighted by atomic mass is 16.1. The molecule has 1 amide bonds. The molecule has 132 valence electrons. The van der Waals surface area contributed by atoms with Crippen LogP contribution in [0.3, 0.4) is 0 Å². The maximum absolute atomic E-state index is 12.5. The zero-order chi connectivity index (χ0) is 17.1. The highest BCUT2D eigenvalue weighted by Gasteiger charge is 2.27. The highest BCUT2D eigenvalue weighted by molar-refractivity contribution is 5.94. The summed E-state index contributed by atoms with van der Waals surface area (Å²) >= 11 is 0. The fraction of sp³-hybridized carbons (Fsp3) is 0.476. The Morgan fingerprint density at radius 2 is 1.56 bits per heavy atom. The van der Waals surface area contributed by atoms with Crippen molar-refractivity contribution in [1.29, 1.82) is 0 Å². The predicted molar refractivity (Wildman–Crippen MR) is 100 cm³/mol. The van der Waals surface area contributed by atoms with Crippen molar-refractivity contribution < 1.29 is 4.79 Å². The number of nitrogens with zero attached hydrogens (tertiary/aromatic N) is 2. The number of hydrogen-bond donors (Lipinski definition) is 1. The van der Waals surface area contributed by atoms with Crippen LogP contribution in [0.25, 0.3) is 5.69 Å². The first-order valence-corrected chi connectivity index (χ1v) is 9.58. The van der Waals surface area contributed by atoms with Crippen molar-refractivity contribution in [3.05, 3.63) is 54.4 Å². The van der Waals surface area contributed by atoms with Crippen LogP contribution in [0.1, 0.15) is 48.9 Å². The first-order chi connectivity index (χ1) is 12.3. The second-order valence-electron chi connectivity index (χ2n) is 7.36. The Labute approximate surface area is 149 Å². The molecule has 2 aliphatic rings. The van der Waals surface area contributed by atoms with E-state index in [0.29, 0.717) is 6.04 Å². The van der Waals surface area contributed by atoms with Gasteiger partial charge in [-0.2, -0.15) is 0 Å². The van der Waals surface area contributed by atoms with Crippen molar-refractivity contribution >= 4 is 5.91 Å². The van der Waals surface area contributed by atoms with Crippen LogP contribution < -0.4 is 5.32 Å². The van der Waals surface area contributed by atoms with Crippen LogP contribution in [0.4, 0.5) is 0 Å². The van der Waals surface area contributed by atoms with Gasteiger partial charge in [-0.3, -0.25) is 4.79 Å². The van der Waals surface area contributed by atoms with E-state index in [9.17, 15) is 4.79 Å². The third kappa shape index (κ3) is 3.79. The second kappa shape index (κ2) is 7.44. The summed E-state index contributed by atoms with van der Waals surface area (Å²) in [5.74, 6) is 0.0540. The van der Waals surface area contributed by atoms with Gasteiger partial charge in [-0.15, -0.1) is 0 Å². The Kier molecular flexibility index (Phi) is 4.88. The Balaban J connectivity index is 1.30. The van der Waals surface area contributed by atoms with Crippen LogP contribution in [-0.4, -0.2) is 40.5 Å². The van der Waals surface area contributed by atoms with Crippen LogP contribution in [0.5, 0.6) is 0 Å². The minimum Gasteiger partial charge on any atom is -0.349 e. The van der Waals surface area contributed by atoms with Gasteiger partial charge in [-0.25, -0.2) is 0 Å². The van der Waals surface area contributed by atoms with E-state index in [2.05, 4.69) is 10.2 Å². The zero-order valence-electron chi connectivity index (χ0n) is 14.7. The van der Waals surface area contributed by atoms with Gasteiger partial charge in [0.25, 0.3) is 5.91 Å². The van der Waals surface area contributed by atoms with Crippen LogP contribution >= 0.6 is 0 Å². The molecule has 1 aliphatic carbocycles. The summed E-state index contributed by atoms with van der Waals surface area (Å²) in [4.78, 5) is 15.2. The van der Waals surface area contributed by atoms with Gasteiger partial charge in [-0.05, 0) is 62.1 Å². The molecule has 1 aliphatic heterocycles. The van der Waals surface area contributed by atoms with Gasteiger partial charge >= 0.3 is 0 Å². The monoisotopic (exact) mass is 337 g/mol. The van der Waals surface area contributed by atoms with Gasteiger partial charge in [-0.1, -0.05) is 12.8 Å². The van der Waals surface area contributed by atoms with Gasteiger partial charge in [0.05, 0.1) is 0 Å². The van der Waals surface area contributed by atoms with Crippen molar-refractivity contribution in [2.75, 3.05) is 13.1 Å².